The SMILES string of the molecule is C[C@H](CO)N1C(=O)[C@H]2[C@@H]3C(=O)O[C@H](c4ccccc4)CNC(=O)CC/C=C\CN(c4ccccc4Cl)C(=O)[C@H]1[C@@]21C=C(Br)[C@@H]3O1. The monoisotopic (exact) mass is 697 g/mol. The first-order valence-corrected chi connectivity index (χ1v) is 16.1. The van der Waals surface area contributed by atoms with Gasteiger partial charge in [0.1, 0.15) is 29.8 Å². The molecule has 0 radical (unpaired) electrons. The minimum absolute atomic E-state index is 0.0341. The predicted molar refractivity (Wildman–Crippen MR) is 169 cm³/mol. The smallest absolute Gasteiger partial charge is 0.313 e. The average Bonchev–Trinajstić information content (AvgIpc) is 3.64. The Morgan fingerprint density at radius 3 is 2.53 bits per heavy atom. The van der Waals surface area contributed by atoms with Gasteiger partial charge < -0.3 is 29.7 Å². The number of carbonyl (C=O) groups excluding carboxylic acids is 4. The highest BCUT2D eigenvalue weighted by atomic mass is 79.9. The minimum atomic E-state index is -1.52. The molecule has 236 valence electrons. The second-order valence-electron chi connectivity index (χ2n) is 11.7. The van der Waals surface area contributed by atoms with Crippen LogP contribution in [0.2, 0.25) is 5.02 Å². The number of benzene rings is 2. The van der Waals surface area contributed by atoms with Gasteiger partial charge in [-0.3, -0.25) is 19.2 Å². The van der Waals surface area contributed by atoms with Crippen LogP contribution < -0.4 is 10.2 Å². The van der Waals surface area contributed by atoms with Gasteiger partial charge in [0, 0.05) is 17.4 Å². The van der Waals surface area contributed by atoms with Gasteiger partial charge >= 0.3 is 5.97 Å². The highest BCUT2D eigenvalue weighted by Gasteiger charge is 2.75. The summed E-state index contributed by atoms with van der Waals surface area (Å²) >= 11 is 10.1. The molecule has 1 spiro atoms. The normalized spacial score (nSPS) is 31.7. The Bertz CT molecular complexity index is 1570. The van der Waals surface area contributed by atoms with Crippen molar-refractivity contribution in [3.63, 3.8) is 0 Å². The van der Waals surface area contributed by atoms with Crippen LogP contribution in [0.3, 0.4) is 0 Å². The average molecular weight is 699 g/mol. The topological polar surface area (TPSA) is 125 Å². The van der Waals surface area contributed by atoms with Crippen molar-refractivity contribution < 1.29 is 33.8 Å². The molecule has 2 aromatic carbocycles. The molecule has 10 nitrogen and oxygen atoms in total. The molecule has 0 unspecified atom stereocenters. The molecule has 2 N–H and O–H groups in total. The lowest BCUT2D eigenvalue weighted by Crippen LogP contribution is -2.58. The molecule has 4 aliphatic heterocycles. The van der Waals surface area contributed by atoms with E-state index in [0.29, 0.717) is 27.2 Å². The summed E-state index contributed by atoms with van der Waals surface area (Å²) in [4.78, 5) is 58.8. The number of hydrogen-bond acceptors (Lipinski definition) is 7. The zero-order valence-corrected chi connectivity index (χ0v) is 26.8. The number of nitrogens with one attached hydrogen (secondary N) is 1. The molecule has 7 atom stereocenters. The lowest BCUT2D eigenvalue weighted by Gasteiger charge is -2.38. The number of halogens is 2. The first-order chi connectivity index (χ1) is 21.7. The maximum atomic E-state index is 14.8. The number of cyclic esters (lactones) is 1. The van der Waals surface area contributed by atoms with Crippen LogP contribution in [0.4, 0.5) is 5.69 Å². The Balaban J connectivity index is 1.47. The summed E-state index contributed by atoms with van der Waals surface area (Å²) in [5.41, 5.74) is -0.419. The van der Waals surface area contributed by atoms with Crippen molar-refractivity contribution in [2.75, 3.05) is 24.6 Å². The molecule has 2 saturated heterocycles. The Kier molecular flexibility index (Phi) is 8.89. The van der Waals surface area contributed by atoms with Crippen LogP contribution in [0.25, 0.3) is 0 Å². The number of esters is 1. The van der Waals surface area contributed by atoms with Gasteiger partial charge in [-0.25, -0.2) is 0 Å². The van der Waals surface area contributed by atoms with E-state index in [1.807, 2.05) is 24.3 Å². The summed E-state index contributed by atoms with van der Waals surface area (Å²) in [6, 6.07) is 13.9. The van der Waals surface area contributed by atoms with E-state index in [0.717, 1.165) is 0 Å². The Hall–Kier alpha value is -3.51. The van der Waals surface area contributed by atoms with Crippen LogP contribution in [0.15, 0.2) is 77.3 Å². The third-order valence-electron chi connectivity index (χ3n) is 8.93. The highest BCUT2D eigenvalue weighted by molar-refractivity contribution is 9.11. The van der Waals surface area contributed by atoms with Gasteiger partial charge in [0.2, 0.25) is 11.8 Å². The van der Waals surface area contributed by atoms with Gasteiger partial charge in [-0.2, -0.15) is 0 Å². The predicted octanol–water partition coefficient (Wildman–Crippen LogP) is 3.68. The van der Waals surface area contributed by atoms with Crippen LogP contribution in [-0.2, 0) is 28.7 Å². The largest absolute Gasteiger partial charge is 0.455 e. The van der Waals surface area contributed by atoms with Crippen molar-refractivity contribution in [1.29, 1.82) is 0 Å². The molecule has 0 aromatic heterocycles. The van der Waals surface area contributed by atoms with Crippen LogP contribution in [0, 0.1) is 11.8 Å². The van der Waals surface area contributed by atoms with Crippen molar-refractivity contribution in [1.82, 2.24) is 10.2 Å². The number of para-hydroxylation sites is 1. The van der Waals surface area contributed by atoms with Gasteiger partial charge in [-0.05, 0) is 37.1 Å². The number of allylic oxidation sites excluding steroid dienone is 1. The minimum Gasteiger partial charge on any atom is -0.455 e. The van der Waals surface area contributed by atoms with E-state index in [1.54, 1.807) is 55.5 Å². The number of aliphatic hydroxyl groups is 1. The third kappa shape index (κ3) is 5.49. The molecule has 5 bridgehead atoms. The number of fused-ring (bicyclic) bond motifs is 2. The van der Waals surface area contributed by atoms with Crippen molar-refractivity contribution in [2.24, 2.45) is 11.8 Å². The zero-order chi connectivity index (χ0) is 31.9. The summed E-state index contributed by atoms with van der Waals surface area (Å²) in [7, 11) is 0. The fourth-order valence-electron chi connectivity index (χ4n) is 6.81. The van der Waals surface area contributed by atoms with E-state index in [1.165, 1.54) is 9.80 Å². The standard InChI is InChI=1S/C33H33BrClN3O7/c1-19(18-39)38-29-31(42)37(23-13-8-7-12-22(23)35)15-9-3-6-14-25(40)36-17-24(20-10-4-2-5-11-20)44-32(43)26-27(30(38)41)33(29)16-21(34)28(26)45-33/h2-5,7-13,16,19,24,26-29,39H,6,14-15,17-18H2,1H3,(H,36,40)/b9-3-/t19-,24+,26+,27-,28+,29+,33-/m1/s1. The van der Waals surface area contributed by atoms with Crippen molar-refractivity contribution in [3.05, 3.63) is 87.9 Å². The quantitative estimate of drug-likeness (QED) is 0.369. The number of likely N-dealkylation sites (tertiary alicyclic amines) is 1. The fourth-order valence-corrected chi connectivity index (χ4v) is 7.79. The van der Waals surface area contributed by atoms with Crippen molar-refractivity contribution >= 4 is 56.9 Å². The number of amides is 3. The number of anilines is 1. The lowest BCUT2D eigenvalue weighted by molar-refractivity contribution is -0.160. The first-order valence-electron chi connectivity index (χ1n) is 14.9. The second kappa shape index (κ2) is 12.7. The van der Waals surface area contributed by atoms with Crippen LogP contribution in [0.1, 0.15) is 31.4 Å². The number of ether oxygens (including phenoxy) is 2. The van der Waals surface area contributed by atoms with E-state index in [-0.39, 0.29) is 25.4 Å². The molecule has 12 heteroatoms. The fraction of sp³-hybridized carbons (Fsp3) is 0.394. The molecule has 6 rings (SSSR count). The van der Waals surface area contributed by atoms with Gasteiger partial charge in [0.05, 0.1) is 35.8 Å². The van der Waals surface area contributed by atoms with Gasteiger partial charge in [0.15, 0.2) is 0 Å². The van der Waals surface area contributed by atoms with Crippen LogP contribution in [-0.4, -0.2) is 77.2 Å². The summed E-state index contributed by atoms with van der Waals surface area (Å²) in [6.07, 6.45) is 4.18. The molecule has 45 heavy (non-hydrogen) atoms. The molecule has 2 fully saturated rings. The van der Waals surface area contributed by atoms with Crippen LogP contribution >= 0.6 is 27.5 Å². The molecular weight excluding hydrogens is 666 g/mol. The van der Waals surface area contributed by atoms with Gasteiger partial charge in [-0.15, -0.1) is 0 Å². The maximum Gasteiger partial charge on any atom is 0.313 e. The molecule has 4 heterocycles. The molecular formula is C33H33BrClN3O7. The molecule has 2 aromatic rings. The molecule has 0 aliphatic carbocycles. The maximum absolute atomic E-state index is 14.8. The Morgan fingerprint density at radius 1 is 1.07 bits per heavy atom. The number of carbonyl (C=O) groups is 4. The van der Waals surface area contributed by atoms with Gasteiger partial charge in [-0.1, -0.05) is 82.1 Å². The summed E-state index contributed by atoms with van der Waals surface area (Å²) < 4.78 is 13.1. The molecule has 3 amide bonds. The molecule has 0 saturated carbocycles. The third-order valence-corrected chi connectivity index (χ3v) is 9.93. The first kappa shape index (κ1) is 31.5. The number of rotatable bonds is 4. The summed E-state index contributed by atoms with van der Waals surface area (Å²) in [6.45, 7) is 1.36. The van der Waals surface area contributed by atoms with E-state index in [9.17, 15) is 24.3 Å². The van der Waals surface area contributed by atoms with E-state index < -0.39 is 66.1 Å². The van der Waals surface area contributed by atoms with Crippen molar-refractivity contribution in [2.45, 2.75) is 49.7 Å². The lowest BCUT2D eigenvalue weighted by atomic mass is 9.74. The molecule has 4 aliphatic rings. The second-order valence-corrected chi connectivity index (χ2v) is 13.0. The van der Waals surface area contributed by atoms with Gasteiger partial charge in [0.25, 0.3) is 5.91 Å². The van der Waals surface area contributed by atoms with Crippen molar-refractivity contribution in [3.8, 4) is 0 Å². The summed E-state index contributed by atoms with van der Waals surface area (Å²) in [5, 5.41) is 13.4. The van der Waals surface area contributed by atoms with E-state index >= 15 is 0 Å². The van der Waals surface area contributed by atoms with Crippen LogP contribution in [0.5, 0.6) is 0 Å². The Morgan fingerprint density at radius 2 is 1.80 bits per heavy atom. The number of aliphatic hydroxyl groups excluding tert-OH is 1. The number of nitrogens with zero attached hydrogens (tertiary/aromatic N) is 2. The zero-order valence-electron chi connectivity index (χ0n) is 24.5. The number of hydrogen-bond donors (Lipinski definition) is 2. The Labute approximate surface area is 274 Å². The van der Waals surface area contributed by atoms with E-state index in [4.69, 9.17) is 21.1 Å². The highest BCUT2D eigenvalue weighted by Crippen LogP contribution is 2.59. The summed E-state index contributed by atoms with van der Waals surface area (Å²) in [5.74, 6) is -4.07. The van der Waals surface area contributed by atoms with E-state index in [2.05, 4.69) is 21.2 Å².